The van der Waals surface area contributed by atoms with Gasteiger partial charge in [0.2, 0.25) is 0 Å². The Hall–Kier alpha value is -14.7. The number of allylic oxidation sites excluding steroid dienone is 6. The van der Waals surface area contributed by atoms with Crippen LogP contribution in [0, 0.1) is 34.6 Å². The fourth-order valence-electron chi connectivity index (χ4n) is 21.6. The fraction of sp³-hybridized carbons (Fsp3) is 0.274. The lowest BCUT2D eigenvalue weighted by atomic mass is 9.88. The van der Waals surface area contributed by atoms with Crippen molar-refractivity contribution in [2.24, 2.45) is 0 Å². The Morgan fingerprint density at radius 1 is 0.241 bits per heavy atom. The molecule has 0 aliphatic heterocycles. The van der Waals surface area contributed by atoms with Gasteiger partial charge in [0.15, 0.2) is 57.5 Å². The highest BCUT2D eigenvalue weighted by atomic mass is 16.5. The average Bonchev–Trinajstić information content (AvgIpc) is 2.06. The predicted molar refractivity (Wildman–Crippen MR) is 601 cm³/mol. The molecule has 0 fully saturated rings. The summed E-state index contributed by atoms with van der Waals surface area (Å²) in [5, 5.41) is 0. The summed E-state index contributed by atoms with van der Waals surface area (Å²) >= 11 is 0. The molecule has 15 aromatic carbocycles. The van der Waals surface area contributed by atoms with Crippen molar-refractivity contribution in [3.63, 3.8) is 0 Å². The predicted octanol–water partition coefficient (Wildman–Crippen LogP) is 30.6. The van der Waals surface area contributed by atoms with Gasteiger partial charge in [-0.05, 0) is 374 Å². The second-order valence-electron chi connectivity index (χ2n) is 39.0. The van der Waals surface area contributed by atoms with Gasteiger partial charge in [-0.25, -0.2) is 0 Å². The second kappa shape index (κ2) is 50.5. The van der Waals surface area contributed by atoms with Gasteiger partial charge in [-0.3, -0.25) is 0 Å². The van der Waals surface area contributed by atoms with Crippen molar-refractivity contribution < 1.29 is 47.4 Å². The highest BCUT2D eigenvalue weighted by Crippen LogP contribution is 2.46. The van der Waals surface area contributed by atoms with Crippen LogP contribution in [0.5, 0.6) is 57.5 Å². The summed E-state index contributed by atoms with van der Waals surface area (Å²) in [6, 6.07) is 109. The molecule has 0 amide bonds. The molecular weight excluding hydrogens is 1780 g/mol. The van der Waals surface area contributed by atoms with Crippen LogP contribution in [0.2, 0.25) is 0 Å². The third kappa shape index (κ3) is 26.3. The summed E-state index contributed by atoms with van der Waals surface area (Å²) in [7, 11) is 16.9. The lowest BCUT2D eigenvalue weighted by molar-refractivity contribution is 0.352. The topological polar surface area (TPSA) is 92.3 Å². The Morgan fingerprint density at radius 3 is 1.01 bits per heavy atom. The normalized spacial score (nSPS) is 13.7. The minimum atomic E-state index is 0.581. The van der Waals surface area contributed by atoms with Crippen molar-refractivity contribution in [3.8, 4) is 57.5 Å². The number of benzene rings is 15. The molecule has 145 heavy (non-hydrogen) atoms. The lowest BCUT2D eigenvalue weighted by Crippen LogP contribution is -2.04. The van der Waals surface area contributed by atoms with Crippen LogP contribution < -0.4 is 47.4 Å². The van der Waals surface area contributed by atoms with Gasteiger partial charge >= 0.3 is 0 Å². The molecule has 0 aromatic heterocycles. The zero-order chi connectivity index (χ0) is 101. The highest BCUT2D eigenvalue weighted by Gasteiger charge is 2.29. The van der Waals surface area contributed by atoms with E-state index in [0.717, 1.165) is 191 Å². The number of para-hydroxylation sites is 2. The maximum Gasteiger partial charge on any atom is 0.167 e. The van der Waals surface area contributed by atoms with Crippen molar-refractivity contribution in [2.75, 3.05) is 71.1 Å². The van der Waals surface area contributed by atoms with Gasteiger partial charge in [-0.2, -0.15) is 0 Å². The number of fused-ring (bicyclic) bond motifs is 5. The molecule has 5 aliphatic carbocycles. The molecule has 0 saturated carbocycles. The van der Waals surface area contributed by atoms with Gasteiger partial charge in [0.05, 0.1) is 71.1 Å². The van der Waals surface area contributed by atoms with Crippen molar-refractivity contribution in [1.82, 2.24) is 0 Å². The Kier molecular flexibility index (Phi) is 35.9. The Labute approximate surface area is 862 Å². The van der Waals surface area contributed by atoms with Gasteiger partial charge in [0.25, 0.3) is 0 Å². The maximum atomic E-state index is 5.66. The van der Waals surface area contributed by atoms with Crippen LogP contribution in [0.25, 0.3) is 34.4 Å². The van der Waals surface area contributed by atoms with Gasteiger partial charge in [0, 0.05) is 17.5 Å². The minimum absolute atomic E-state index is 0.581. The van der Waals surface area contributed by atoms with Crippen molar-refractivity contribution >= 4 is 34.4 Å². The molecule has 0 radical (unpaired) electrons. The standard InChI is InChI=1S/2C27H28O2.C27H30O2.2C27H28O2/c2*1-19-10-12-20(13-11-19)14-15-21-6-4-7-22-16-17-23(26(21)22)18-24-8-5-9-25(28-2)27(24)29-3;3*1-19-7-9-20(10-8-19)11-13-22-5-4-6-23-14-15-24(27(22)23)17-21-12-16-25(28-2)26(18-21)29-3/h4-13,18H,14-17H2,1-3H3;4-13,17H,14-16,18H2,1-3H3;4-10,12,16,18,24H,11,13-15,17H2,1-3H3;4-10,12,16-18H,11,13-15H2,1-3H3;4-10,12,15-16,18H,11,13-14,17H2,1-3H3/b23-18+;;;24-17+;. The summed E-state index contributed by atoms with van der Waals surface area (Å²) in [6.45, 7) is 10.7. The van der Waals surface area contributed by atoms with E-state index in [2.05, 4.69) is 320 Å². The van der Waals surface area contributed by atoms with E-state index in [1.807, 2.05) is 42.5 Å². The Bertz CT molecular complexity index is 7040. The second-order valence-corrected chi connectivity index (χ2v) is 39.0. The largest absolute Gasteiger partial charge is 0.493 e. The third-order valence-corrected chi connectivity index (χ3v) is 29.3. The number of aryl methyl sites for hydroxylation is 18. The summed E-state index contributed by atoms with van der Waals surface area (Å²) in [4.78, 5) is 0. The van der Waals surface area contributed by atoms with Crippen molar-refractivity contribution in [2.45, 2.75) is 175 Å². The summed E-state index contributed by atoms with van der Waals surface area (Å²) in [5.41, 5.74) is 47.2. The zero-order valence-corrected chi connectivity index (χ0v) is 87.7. The van der Waals surface area contributed by atoms with Gasteiger partial charge < -0.3 is 47.4 Å². The van der Waals surface area contributed by atoms with Crippen LogP contribution in [-0.2, 0) is 116 Å². The first kappa shape index (κ1) is 103. The number of hydrogen-bond acceptors (Lipinski definition) is 10. The van der Waals surface area contributed by atoms with E-state index in [1.54, 1.807) is 76.7 Å². The van der Waals surface area contributed by atoms with Crippen molar-refractivity contribution in [1.29, 1.82) is 0 Å². The molecule has 0 heterocycles. The summed E-state index contributed by atoms with van der Waals surface area (Å²) in [6.07, 6.45) is 31.7. The van der Waals surface area contributed by atoms with E-state index in [4.69, 9.17) is 47.4 Å². The molecule has 10 heteroatoms. The first-order chi connectivity index (χ1) is 70.9. The molecular formula is C135H142O10. The molecule has 1 unspecified atom stereocenters. The van der Waals surface area contributed by atoms with Crippen LogP contribution in [0.1, 0.15) is 192 Å². The number of methoxy groups -OCH3 is 10. The quantitative estimate of drug-likeness (QED) is 0.0396. The molecule has 0 saturated heterocycles. The number of ether oxygens (including phenoxy) is 10. The van der Waals surface area contributed by atoms with E-state index >= 15 is 0 Å². The first-order valence-electron chi connectivity index (χ1n) is 51.6. The van der Waals surface area contributed by atoms with Gasteiger partial charge in [0.1, 0.15) is 0 Å². The SMILES string of the molecule is COc1ccc(/C=C2\CCc3cccc(CCc4ccc(C)cc4)c32)cc1OC.COc1ccc(CC2=CCc3cccc(CCc4ccc(C)cc4)c32)cc1OC.COc1ccc(CC2CCc3cccc(CCc4ccc(C)cc4)c32)cc1OC.COc1cccc(/C=C2\CCc3cccc(CCc4ccc(C)cc4)c32)c1OC.COc1cccc(CC2=CCc3cccc(CCc4ccc(C)cc4)c32)c1OC. The molecule has 10 nitrogen and oxygen atoms in total. The fourth-order valence-corrected chi connectivity index (χ4v) is 21.6. The van der Waals surface area contributed by atoms with Gasteiger partial charge in [-0.1, -0.05) is 301 Å². The molecule has 1 atom stereocenters. The molecule has 15 aromatic rings. The zero-order valence-electron chi connectivity index (χ0n) is 87.7. The van der Waals surface area contributed by atoms with Gasteiger partial charge in [-0.15, -0.1) is 0 Å². The van der Waals surface area contributed by atoms with Crippen molar-refractivity contribution in [3.05, 3.63) is 482 Å². The molecule has 742 valence electrons. The molecule has 0 N–H and O–H groups in total. The molecule has 0 spiro atoms. The molecule has 0 bridgehead atoms. The smallest absolute Gasteiger partial charge is 0.167 e. The monoisotopic (exact) mass is 1920 g/mol. The summed E-state index contributed by atoms with van der Waals surface area (Å²) < 4.78 is 54.9. The lowest BCUT2D eigenvalue weighted by Gasteiger charge is -2.17. The van der Waals surface area contributed by atoms with Crippen LogP contribution >= 0.6 is 0 Å². The van der Waals surface area contributed by atoms with Crippen LogP contribution in [0.15, 0.2) is 315 Å². The highest BCUT2D eigenvalue weighted by molar-refractivity contribution is 5.90. The van der Waals surface area contributed by atoms with Crippen LogP contribution in [-0.4, -0.2) is 71.1 Å². The minimum Gasteiger partial charge on any atom is -0.493 e. The van der Waals surface area contributed by atoms with E-state index in [0.29, 0.717) is 5.92 Å². The number of hydrogen-bond donors (Lipinski definition) is 0. The van der Waals surface area contributed by atoms with Crippen LogP contribution in [0.4, 0.5) is 0 Å². The maximum absolute atomic E-state index is 5.66. The molecule has 5 aliphatic rings. The van der Waals surface area contributed by atoms with E-state index < -0.39 is 0 Å². The third-order valence-electron chi connectivity index (χ3n) is 29.3. The Morgan fingerprint density at radius 2 is 0.579 bits per heavy atom. The van der Waals surface area contributed by atoms with E-state index in [-0.39, 0.29) is 0 Å². The van der Waals surface area contributed by atoms with Crippen LogP contribution in [0.3, 0.4) is 0 Å². The Balaban J connectivity index is 0.000000130. The van der Waals surface area contributed by atoms with E-state index in [9.17, 15) is 0 Å². The number of rotatable bonds is 33. The first-order valence-corrected chi connectivity index (χ1v) is 51.6. The average molecular weight is 1920 g/mol. The van der Waals surface area contributed by atoms with E-state index in [1.165, 1.54) is 185 Å². The summed E-state index contributed by atoms with van der Waals surface area (Å²) in [5.74, 6) is 8.48. The molecule has 20 rings (SSSR count).